The van der Waals surface area contributed by atoms with Crippen molar-refractivity contribution in [3.8, 4) is 33.4 Å². The van der Waals surface area contributed by atoms with Gasteiger partial charge in [0, 0.05) is 30.1 Å². The number of hydrogen-bond acceptors (Lipinski definition) is 3. The highest BCUT2D eigenvalue weighted by molar-refractivity contribution is 9.11. The molecular formula is C63H45Br3O3. The van der Waals surface area contributed by atoms with Crippen molar-refractivity contribution >= 4 is 47.8 Å². The highest BCUT2D eigenvalue weighted by Gasteiger charge is 2.44. The van der Waals surface area contributed by atoms with E-state index >= 15 is 0 Å². The molecule has 6 heteroatoms. The average molecular weight is 1090 g/mol. The number of aliphatic hydroxyl groups is 3. The van der Waals surface area contributed by atoms with Crippen LogP contribution in [0.4, 0.5) is 0 Å². The quantitative estimate of drug-likeness (QED) is 0.107. The molecule has 336 valence electrons. The van der Waals surface area contributed by atoms with Gasteiger partial charge in [-0.3, -0.25) is 0 Å². The first-order valence-corrected chi connectivity index (χ1v) is 25.0. The minimum atomic E-state index is -1.88. The van der Waals surface area contributed by atoms with E-state index in [9.17, 15) is 15.3 Å². The summed E-state index contributed by atoms with van der Waals surface area (Å²) >= 11 is 11.0. The summed E-state index contributed by atoms with van der Waals surface area (Å²) in [7, 11) is 0. The van der Waals surface area contributed by atoms with Crippen LogP contribution in [0.5, 0.6) is 0 Å². The lowest BCUT2D eigenvalue weighted by molar-refractivity contribution is 0.112. The summed E-state index contributed by atoms with van der Waals surface area (Å²) in [6, 6.07) is 82.8. The molecule has 3 N–H and O–H groups in total. The van der Waals surface area contributed by atoms with Crippen LogP contribution in [0.1, 0.15) is 50.1 Å². The van der Waals surface area contributed by atoms with Gasteiger partial charge in [-0.15, -0.1) is 0 Å². The van der Waals surface area contributed by atoms with E-state index in [4.69, 9.17) is 0 Å². The van der Waals surface area contributed by atoms with Crippen LogP contribution in [0.25, 0.3) is 33.4 Å². The molecule has 0 aliphatic carbocycles. The third-order valence-electron chi connectivity index (χ3n) is 13.2. The lowest BCUT2D eigenvalue weighted by Gasteiger charge is -2.39. The summed E-state index contributed by atoms with van der Waals surface area (Å²) in [5.74, 6) is 0. The highest BCUT2D eigenvalue weighted by atomic mass is 79.9. The molecule has 0 aromatic heterocycles. The summed E-state index contributed by atoms with van der Waals surface area (Å²) in [5, 5.41) is 43.1. The average Bonchev–Trinajstić information content (AvgIpc) is 3.41. The molecule has 0 spiro atoms. The Bertz CT molecular complexity index is 3010. The molecule has 0 aliphatic heterocycles. The second kappa shape index (κ2) is 19.5. The van der Waals surface area contributed by atoms with Crippen LogP contribution in [0.3, 0.4) is 0 Å². The standard InChI is InChI=1S/C63H45Br3O3/c64-52-34-28-46(29-35-52)61(67,58-25-13-10-22-55(58)43-16-4-1-5-17-43)49-40-50(62(68,47-30-36-53(65)37-31-47)59-26-14-11-23-56(59)44-18-6-2-7-19-44)42-51(41-49)63(69,48-32-38-54(66)39-33-48)60-27-15-12-24-57(60)45-20-8-3-9-21-45/h1-42,67-69H. The summed E-state index contributed by atoms with van der Waals surface area (Å²) < 4.78 is 2.55. The Labute approximate surface area is 428 Å². The minimum absolute atomic E-state index is 0.432. The van der Waals surface area contributed by atoms with Crippen molar-refractivity contribution in [3.05, 3.63) is 318 Å². The molecule has 3 unspecified atom stereocenters. The second-order valence-corrected chi connectivity index (χ2v) is 19.9. The number of rotatable bonds is 12. The minimum Gasteiger partial charge on any atom is -0.376 e. The maximum Gasteiger partial charge on any atom is 0.141 e. The summed E-state index contributed by atoms with van der Waals surface area (Å²) in [6.07, 6.45) is 0. The molecule has 0 saturated carbocycles. The van der Waals surface area contributed by atoms with Crippen molar-refractivity contribution in [2.45, 2.75) is 16.8 Å². The Kier molecular flexibility index (Phi) is 13.1. The number of halogens is 3. The SMILES string of the molecule is OC(c1ccc(Br)cc1)(c1cc(C(O)(c2ccc(Br)cc2)c2ccccc2-c2ccccc2)cc(C(O)(c2ccc(Br)cc2)c2ccccc2-c2ccccc2)c1)c1ccccc1-c1ccccc1. The molecule has 3 atom stereocenters. The first kappa shape index (κ1) is 46.3. The van der Waals surface area contributed by atoms with E-state index in [1.165, 1.54) is 0 Å². The molecule has 10 aromatic carbocycles. The predicted octanol–water partition coefficient (Wildman–Crippen LogP) is 15.8. The molecule has 0 fully saturated rings. The van der Waals surface area contributed by atoms with Crippen LogP contribution in [0.15, 0.2) is 268 Å². The van der Waals surface area contributed by atoms with E-state index in [0.29, 0.717) is 50.1 Å². The van der Waals surface area contributed by atoms with Crippen LogP contribution < -0.4 is 0 Å². The first-order valence-electron chi connectivity index (χ1n) is 22.6. The summed E-state index contributed by atoms with van der Waals surface area (Å²) in [4.78, 5) is 0. The maximum absolute atomic E-state index is 14.4. The van der Waals surface area contributed by atoms with Crippen molar-refractivity contribution in [3.63, 3.8) is 0 Å². The Hall–Kier alpha value is -6.48. The third kappa shape index (κ3) is 8.67. The fourth-order valence-electron chi connectivity index (χ4n) is 9.76. The summed E-state index contributed by atoms with van der Waals surface area (Å²) in [5.41, 5.74) is 4.53. The van der Waals surface area contributed by atoms with E-state index in [2.05, 4.69) is 47.8 Å². The van der Waals surface area contributed by atoms with Crippen molar-refractivity contribution in [1.29, 1.82) is 0 Å². The third-order valence-corrected chi connectivity index (χ3v) is 14.8. The lowest BCUT2D eigenvalue weighted by atomic mass is 9.70. The zero-order valence-corrected chi connectivity index (χ0v) is 42.0. The van der Waals surface area contributed by atoms with Gasteiger partial charge in [-0.2, -0.15) is 0 Å². The molecule has 10 rings (SSSR count). The van der Waals surface area contributed by atoms with E-state index in [1.807, 2.05) is 255 Å². The Morgan fingerprint density at radius 1 is 0.232 bits per heavy atom. The van der Waals surface area contributed by atoms with Gasteiger partial charge in [0.2, 0.25) is 0 Å². The molecule has 0 amide bonds. The van der Waals surface area contributed by atoms with Crippen LogP contribution >= 0.6 is 47.8 Å². The first-order chi connectivity index (χ1) is 33.6. The Balaban J connectivity index is 1.38. The predicted molar refractivity (Wildman–Crippen MR) is 291 cm³/mol. The van der Waals surface area contributed by atoms with Gasteiger partial charge in [0.1, 0.15) is 16.8 Å². The maximum atomic E-state index is 14.4. The monoisotopic (exact) mass is 1090 g/mol. The van der Waals surface area contributed by atoms with E-state index in [1.54, 1.807) is 0 Å². The van der Waals surface area contributed by atoms with Gasteiger partial charge in [0.05, 0.1) is 0 Å². The van der Waals surface area contributed by atoms with Gasteiger partial charge in [-0.25, -0.2) is 0 Å². The van der Waals surface area contributed by atoms with E-state index in [-0.39, 0.29) is 0 Å². The molecule has 0 heterocycles. The second-order valence-electron chi connectivity index (χ2n) is 17.2. The molecule has 10 aromatic rings. The Morgan fingerprint density at radius 2 is 0.449 bits per heavy atom. The normalized spacial score (nSPS) is 14.0. The van der Waals surface area contributed by atoms with E-state index < -0.39 is 16.8 Å². The zero-order valence-electron chi connectivity index (χ0n) is 37.2. The van der Waals surface area contributed by atoms with Gasteiger partial charge in [0.25, 0.3) is 0 Å². The van der Waals surface area contributed by atoms with E-state index in [0.717, 1.165) is 46.8 Å². The van der Waals surface area contributed by atoms with Gasteiger partial charge in [-0.1, -0.05) is 248 Å². The zero-order chi connectivity index (χ0) is 47.6. The molecular weight excluding hydrogens is 1040 g/mol. The van der Waals surface area contributed by atoms with Crippen LogP contribution in [-0.2, 0) is 16.8 Å². The van der Waals surface area contributed by atoms with Crippen molar-refractivity contribution in [2.24, 2.45) is 0 Å². The molecule has 0 radical (unpaired) electrons. The van der Waals surface area contributed by atoms with Gasteiger partial charge in [0.15, 0.2) is 0 Å². The molecule has 3 nitrogen and oxygen atoms in total. The molecule has 0 saturated heterocycles. The van der Waals surface area contributed by atoms with Crippen LogP contribution in [0, 0.1) is 0 Å². The van der Waals surface area contributed by atoms with Crippen LogP contribution in [0.2, 0.25) is 0 Å². The molecule has 69 heavy (non-hydrogen) atoms. The number of benzene rings is 10. The summed E-state index contributed by atoms with van der Waals surface area (Å²) in [6.45, 7) is 0. The van der Waals surface area contributed by atoms with Gasteiger partial charge in [-0.05, 0) is 121 Å². The topological polar surface area (TPSA) is 60.7 Å². The Morgan fingerprint density at radius 3 is 0.696 bits per heavy atom. The fourth-order valence-corrected chi connectivity index (χ4v) is 10.6. The smallest absolute Gasteiger partial charge is 0.141 e. The van der Waals surface area contributed by atoms with Crippen molar-refractivity contribution < 1.29 is 15.3 Å². The number of hydrogen-bond donors (Lipinski definition) is 3. The van der Waals surface area contributed by atoms with Crippen molar-refractivity contribution in [2.75, 3.05) is 0 Å². The highest BCUT2D eigenvalue weighted by Crippen LogP contribution is 2.50. The van der Waals surface area contributed by atoms with Crippen molar-refractivity contribution in [1.82, 2.24) is 0 Å². The molecule has 0 aliphatic rings. The van der Waals surface area contributed by atoms with Gasteiger partial charge < -0.3 is 15.3 Å². The lowest BCUT2D eigenvalue weighted by Crippen LogP contribution is -2.36. The molecule has 0 bridgehead atoms. The van der Waals surface area contributed by atoms with Gasteiger partial charge >= 0.3 is 0 Å². The van der Waals surface area contributed by atoms with Crippen LogP contribution in [-0.4, -0.2) is 15.3 Å². The fraction of sp³-hybridized carbons (Fsp3) is 0.0476. The largest absolute Gasteiger partial charge is 0.376 e.